The first-order valence-corrected chi connectivity index (χ1v) is 5.09. The summed E-state index contributed by atoms with van der Waals surface area (Å²) in [6.45, 7) is 2.14. The maximum Gasteiger partial charge on any atom is 0.322 e. The van der Waals surface area contributed by atoms with Gasteiger partial charge < -0.3 is 10.1 Å². The molecule has 0 saturated heterocycles. The van der Waals surface area contributed by atoms with Crippen molar-refractivity contribution in [3.63, 3.8) is 0 Å². The molecule has 0 fully saturated rings. The number of ether oxygens (including phenoxy) is 1. The number of nitro benzene ring substituents is 1. The maximum absolute atomic E-state index is 11.1. The molecule has 1 aromatic rings. The smallest absolute Gasteiger partial charge is 0.322 e. The molecule has 0 spiro atoms. The summed E-state index contributed by atoms with van der Waals surface area (Å²) in [5, 5.41) is 13.4. The third-order valence-corrected chi connectivity index (χ3v) is 2.31. The van der Waals surface area contributed by atoms with Crippen molar-refractivity contribution in [2.45, 2.75) is 19.5 Å². The molecule has 0 aromatic heterocycles. The summed E-state index contributed by atoms with van der Waals surface area (Å²) in [7, 11) is 1.33. The summed E-state index contributed by atoms with van der Waals surface area (Å²) in [6.07, 6.45) is 0. The van der Waals surface area contributed by atoms with Gasteiger partial charge >= 0.3 is 5.97 Å². The largest absolute Gasteiger partial charge is 0.468 e. The number of esters is 1. The van der Waals surface area contributed by atoms with E-state index in [1.165, 1.54) is 19.2 Å². The number of carbonyl (C=O) groups excluding carboxylic acids is 1. The van der Waals surface area contributed by atoms with Crippen molar-refractivity contribution in [3.05, 3.63) is 39.9 Å². The number of nitrogens with one attached hydrogen (secondary N) is 1. The van der Waals surface area contributed by atoms with E-state index >= 15 is 0 Å². The van der Waals surface area contributed by atoms with E-state index in [-0.39, 0.29) is 11.7 Å². The first kappa shape index (κ1) is 13.1. The summed E-state index contributed by atoms with van der Waals surface area (Å²) in [5.41, 5.74) is 0.918. The molecule has 0 bridgehead atoms. The van der Waals surface area contributed by atoms with Crippen LogP contribution in [0.4, 0.5) is 5.69 Å². The lowest BCUT2D eigenvalue weighted by Crippen LogP contribution is -2.34. The van der Waals surface area contributed by atoms with Gasteiger partial charge in [-0.1, -0.05) is 12.1 Å². The first-order valence-electron chi connectivity index (χ1n) is 5.09. The van der Waals surface area contributed by atoms with Crippen molar-refractivity contribution in [1.29, 1.82) is 0 Å². The lowest BCUT2D eigenvalue weighted by molar-refractivity contribution is -0.384. The zero-order valence-corrected chi connectivity index (χ0v) is 9.67. The molecule has 17 heavy (non-hydrogen) atoms. The zero-order chi connectivity index (χ0) is 12.8. The van der Waals surface area contributed by atoms with Crippen LogP contribution in [0.1, 0.15) is 12.5 Å². The lowest BCUT2D eigenvalue weighted by Gasteiger charge is -2.11. The van der Waals surface area contributed by atoms with Crippen LogP contribution in [0.15, 0.2) is 24.3 Å². The van der Waals surface area contributed by atoms with Gasteiger partial charge in [-0.15, -0.1) is 0 Å². The molecule has 1 rings (SSSR count). The number of nitro groups is 1. The van der Waals surface area contributed by atoms with Crippen LogP contribution in [0.3, 0.4) is 0 Å². The van der Waals surface area contributed by atoms with E-state index in [1.54, 1.807) is 19.1 Å². The molecule has 6 nitrogen and oxygen atoms in total. The highest BCUT2D eigenvalue weighted by Crippen LogP contribution is 2.11. The fourth-order valence-electron chi connectivity index (χ4n) is 1.27. The maximum atomic E-state index is 11.1. The molecule has 0 radical (unpaired) electrons. The van der Waals surface area contributed by atoms with Gasteiger partial charge in [0.25, 0.3) is 5.69 Å². The van der Waals surface area contributed by atoms with Crippen LogP contribution < -0.4 is 5.32 Å². The summed E-state index contributed by atoms with van der Waals surface area (Å²) in [4.78, 5) is 21.1. The van der Waals surface area contributed by atoms with Crippen molar-refractivity contribution in [1.82, 2.24) is 5.32 Å². The third-order valence-electron chi connectivity index (χ3n) is 2.31. The van der Waals surface area contributed by atoms with Crippen molar-refractivity contribution in [2.75, 3.05) is 7.11 Å². The minimum absolute atomic E-state index is 0.0507. The van der Waals surface area contributed by atoms with E-state index < -0.39 is 11.0 Å². The molecule has 6 heteroatoms. The summed E-state index contributed by atoms with van der Waals surface area (Å²) in [6, 6.07) is 5.75. The van der Waals surface area contributed by atoms with Gasteiger partial charge in [-0.25, -0.2) is 0 Å². The fourth-order valence-corrected chi connectivity index (χ4v) is 1.27. The Kier molecular flexibility index (Phi) is 4.59. The molecular weight excluding hydrogens is 224 g/mol. The molecular formula is C11H14N2O4. The summed E-state index contributed by atoms with van der Waals surface area (Å²) in [5.74, 6) is -0.341. The molecule has 0 amide bonds. The summed E-state index contributed by atoms with van der Waals surface area (Å²) >= 11 is 0. The number of methoxy groups -OCH3 is 1. The van der Waals surface area contributed by atoms with E-state index in [1.807, 2.05) is 0 Å². The van der Waals surface area contributed by atoms with Crippen molar-refractivity contribution < 1.29 is 14.5 Å². The molecule has 1 N–H and O–H groups in total. The minimum atomic E-state index is -0.450. The van der Waals surface area contributed by atoms with Gasteiger partial charge in [0, 0.05) is 18.7 Å². The van der Waals surface area contributed by atoms with Crippen LogP contribution in [0.2, 0.25) is 0 Å². The predicted molar refractivity (Wildman–Crippen MR) is 61.4 cm³/mol. The molecule has 0 unspecified atom stereocenters. The average Bonchev–Trinajstić information content (AvgIpc) is 2.35. The number of rotatable bonds is 5. The number of hydrogen-bond donors (Lipinski definition) is 1. The lowest BCUT2D eigenvalue weighted by atomic mass is 10.2. The molecule has 0 saturated carbocycles. The van der Waals surface area contributed by atoms with Crippen molar-refractivity contribution >= 4 is 11.7 Å². The Morgan fingerprint density at radius 2 is 2.06 bits per heavy atom. The molecule has 1 aromatic carbocycles. The monoisotopic (exact) mass is 238 g/mol. The normalized spacial score (nSPS) is 11.9. The molecule has 0 aliphatic rings. The standard InChI is InChI=1S/C11H14N2O4/c1-8(11(14)17-2)12-7-9-3-5-10(6-4-9)13(15)16/h3-6,8,12H,7H2,1-2H3/t8-/m1/s1. The molecule has 92 valence electrons. The second-order valence-corrected chi connectivity index (χ2v) is 3.55. The Morgan fingerprint density at radius 1 is 1.47 bits per heavy atom. The van der Waals surface area contributed by atoms with Crippen LogP contribution in [0.25, 0.3) is 0 Å². The molecule has 1 atom stereocenters. The van der Waals surface area contributed by atoms with E-state index in [0.717, 1.165) is 5.56 Å². The molecule has 0 aliphatic heterocycles. The van der Waals surface area contributed by atoms with Gasteiger partial charge in [-0.3, -0.25) is 14.9 Å². The predicted octanol–water partition coefficient (Wildman–Crippen LogP) is 1.25. The van der Waals surface area contributed by atoms with Crippen LogP contribution in [0, 0.1) is 10.1 Å². The third kappa shape index (κ3) is 3.84. The van der Waals surface area contributed by atoms with Crippen LogP contribution in [-0.2, 0) is 16.1 Å². The Bertz CT molecular complexity index is 402. The van der Waals surface area contributed by atoms with Crippen LogP contribution in [-0.4, -0.2) is 24.0 Å². The summed E-state index contributed by atoms with van der Waals surface area (Å²) < 4.78 is 4.56. The fraction of sp³-hybridized carbons (Fsp3) is 0.364. The Hall–Kier alpha value is -1.95. The second-order valence-electron chi connectivity index (χ2n) is 3.55. The van der Waals surface area contributed by atoms with Gasteiger partial charge in [0.05, 0.1) is 12.0 Å². The minimum Gasteiger partial charge on any atom is -0.468 e. The van der Waals surface area contributed by atoms with Crippen molar-refractivity contribution in [2.24, 2.45) is 0 Å². The first-order chi connectivity index (χ1) is 8.04. The van der Waals surface area contributed by atoms with Gasteiger partial charge in [-0.2, -0.15) is 0 Å². The average molecular weight is 238 g/mol. The van der Waals surface area contributed by atoms with E-state index in [2.05, 4.69) is 10.1 Å². The van der Waals surface area contributed by atoms with E-state index in [9.17, 15) is 14.9 Å². The topological polar surface area (TPSA) is 81.5 Å². The Morgan fingerprint density at radius 3 is 2.53 bits per heavy atom. The second kappa shape index (κ2) is 5.95. The SMILES string of the molecule is COC(=O)[C@@H](C)NCc1ccc([N+](=O)[O-])cc1. The molecule has 0 heterocycles. The van der Waals surface area contributed by atoms with Gasteiger partial charge in [0.2, 0.25) is 0 Å². The zero-order valence-electron chi connectivity index (χ0n) is 9.67. The Labute approximate surface area is 98.7 Å². The number of non-ortho nitro benzene ring substituents is 1. The highest BCUT2D eigenvalue weighted by Gasteiger charge is 2.12. The van der Waals surface area contributed by atoms with Crippen LogP contribution >= 0.6 is 0 Å². The van der Waals surface area contributed by atoms with Gasteiger partial charge in [-0.05, 0) is 12.5 Å². The number of nitrogens with zero attached hydrogens (tertiary/aromatic N) is 1. The molecule has 0 aliphatic carbocycles. The highest BCUT2D eigenvalue weighted by molar-refractivity contribution is 5.75. The number of benzene rings is 1. The van der Waals surface area contributed by atoms with E-state index in [0.29, 0.717) is 6.54 Å². The number of hydrogen-bond acceptors (Lipinski definition) is 5. The highest BCUT2D eigenvalue weighted by atomic mass is 16.6. The van der Waals surface area contributed by atoms with E-state index in [4.69, 9.17) is 0 Å². The quantitative estimate of drug-likeness (QED) is 0.474. The van der Waals surface area contributed by atoms with Crippen LogP contribution in [0.5, 0.6) is 0 Å². The Balaban J connectivity index is 2.53. The number of carbonyl (C=O) groups is 1. The van der Waals surface area contributed by atoms with Gasteiger partial charge in [0.1, 0.15) is 6.04 Å². The van der Waals surface area contributed by atoms with Gasteiger partial charge in [0.15, 0.2) is 0 Å². The van der Waals surface area contributed by atoms with Crippen molar-refractivity contribution in [3.8, 4) is 0 Å².